The molecule has 2 aromatic carbocycles. The molecule has 2 heterocycles. The minimum atomic E-state index is -0.333. The van der Waals surface area contributed by atoms with Crippen molar-refractivity contribution in [3.05, 3.63) is 70.5 Å². The van der Waals surface area contributed by atoms with Crippen LogP contribution in [0.3, 0.4) is 0 Å². The van der Waals surface area contributed by atoms with Gasteiger partial charge in [-0.1, -0.05) is 59.8 Å². The molecule has 0 radical (unpaired) electrons. The summed E-state index contributed by atoms with van der Waals surface area (Å²) in [5.74, 6) is 1.11. The van der Waals surface area contributed by atoms with Crippen LogP contribution in [0.5, 0.6) is 0 Å². The second-order valence-electron chi connectivity index (χ2n) is 6.48. The maximum atomic E-state index is 13.3. The summed E-state index contributed by atoms with van der Waals surface area (Å²) in [4.78, 5) is 2.20. The predicted molar refractivity (Wildman–Crippen MR) is 110 cm³/mol. The minimum Gasteiger partial charge on any atom is -0.378 e. The van der Waals surface area contributed by atoms with Crippen LogP contribution in [0.1, 0.15) is 11.1 Å². The van der Waals surface area contributed by atoms with Crippen molar-refractivity contribution in [2.45, 2.75) is 17.5 Å². The summed E-state index contributed by atoms with van der Waals surface area (Å²) in [6.07, 6.45) is 0. The highest BCUT2D eigenvalue weighted by molar-refractivity contribution is 7.98. The van der Waals surface area contributed by atoms with Crippen LogP contribution in [0.2, 0.25) is 5.02 Å². The lowest BCUT2D eigenvalue weighted by molar-refractivity contribution is 0.121. The molecular formula is C20H20ClFN4OS. The smallest absolute Gasteiger partial charge is 0.228 e. The molecule has 0 unspecified atom stereocenters. The number of thioether (sulfide) groups is 1. The number of hydrogen-bond donors (Lipinski definition) is 0. The number of ether oxygens (including phenoxy) is 1. The van der Waals surface area contributed by atoms with Gasteiger partial charge in [0.05, 0.1) is 19.8 Å². The lowest BCUT2D eigenvalue weighted by Crippen LogP contribution is -2.38. The predicted octanol–water partition coefficient (Wildman–Crippen LogP) is 4.25. The van der Waals surface area contributed by atoms with Gasteiger partial charge in [-0.3, -0.25) is 4.57 Å². The van der Waals surface area contributed by atoms with Crippen LogP contribution >= 0.6 is 23.4 Å². The van der Waals surface area contributed by atoms with Gasteiger partial charge in [-0.05, 0) is 23.3 Å². The summed E-state index contributed by atoms with van der Waals surface area (Å²) in [5.41, 5.74) is 2.05. The molecule has 5 nitrogen and oxygen atoms in total. The molecule has 8 heteroatoms. The zero-order valence-corrected chi connectivity index (χ0v) is 16.8. The summed E-state index contributed by atoms with van der Waals surface area (Å²) in [7, 11) is 0. The van der Waals surface area contributed by atoms with E-state index in [-0.39, 0.29) is 5.82 Å². The monoisotopic (exact) mass is 418 g/mol. The standard InChI is InChI=1S/C20H20ClFN4OS/c21-18-12-17(22)7-6-16(18)14-28-20-24-23-19(25-8-10-27-11-9-25)26(20)13-15-4-2-1-3-5-15/h1-7,12H,8-11,13-14H2. The Morgan fingerprint density at radius 3 is 2.61 bits per heavy atom. The molecule has 0 spiro atoms. The molecule has 146 valence electrons. The summed E-state index contributed by atoms with van der Waals surface area (Å²) in [6.45, 7) is 3.64. The Hall–Kier alpha value is -2.09. The van der Waals surface area contributed by atoms with Gasteiger partial charge >= 0.3 is 0 Å². The van der Waals surface area contributed by atoms with Crippen molar-refractivity contribution in [3.8, 4) is 0 Å². The molecule has 3 aromatic rings. The number of anilines is 1. The van der Waals surface area contributed by atoms with Crippen molar-refractivity contribution in [2.75, 3.05) is 31.2 Å². The Morgan fingerprint density at radius 2 is 1.86 bits per heavy atom. The van der Waals surface area contributed by atoms with Gasteiger partial charge in [0, 0.05) is 23.9 Å². The maximum Gasteiger partial charge on any atom is 0.228 e. The fourth-order valence-corrected chi connectivity index (χ4v) is 4.32. The van der Waals surface area contributed by atoms with Crippen LogP contribution < -0.4 is 4.90 Å². The van der Waals surface area contributed by atoms with Crippen molar-refractivity contribution in [3.63, 3.8) is 0 Å². The van der Waals surface area contributed by atoms with Crippen LogP contribution in [-0.2, 0) is 17.0 Å². The van der Waals surface area contributed by atoms with Crippen molar-refractivity contribution in [1.29, 1.82) is 0 Å². The Kier molecular flexibility index (Phi) is 6.14. The first-order valence-corrected chi connectivity index (χ1v) is 10.4. The van der Waals surface area contributed by atoms with Gasteiger partial charge in [0.2, 0.25) is 5.95 Å². The lowest BCUT2D eigenvalue weighted by atomic mass is 10.2. The van der Waals surface area contributed by atoms with E-state index in [2.05, 4.69) is 31.8 Å². The van der Waals surface area contributed by atoms with E-state index in [4.69, 9.17) is 16.3 Å². The number of nitrogens with zero attached hydrogens (tertiary/aromatic N) is 4. The van der Waals surface area contributed by atoms with E-state index in [9.17, 15) is 4.39 Å². The molecule has 0 saturated carbocycles. The van der Waals surface area contributed by atoms with E-state index >= 15 is 0 Å². The summed E-state index contributed by atoms with van der Waals surface area (Å²) in [5, 5.41) is 10.1. The van der Waals surface area contributed by atoms with Crippen molar-refractivity contribution in [2.24, 2.45) is 0 Å². The van der Waals surface area contributed by atoms with Gasteiger partial charge in [-0.25, -0.2) is 4.39 Å². The highest BCUT2D eigenvalue weighted by Crippen LogP contribution is 2.29. The third-order valence-electron chi connectivity index (χ3n) is 4.55. The molecule has 4 rings (SSSR count). The van der Waals surface area contributed by atoms with Crippen molar-refractivity contribution in [1.82, 2.24) is 14.8 Å². The number of benzene rings is 2. The number of halogens is 2. The molecule has 0 bridgehead atoms. The molecule has 0 atom stereocenters. The molecule has 1 aliphatic heterocycles. The van der Waals surface area contributed by atoms with Crippen LogP contribution in [0, 0.1) is 5.82 Å². The topological polar surface area (TPSA) is 43.2 Å². The summed E-state index contributed by atoms with van der Waals surface area (Å²) < 4.78 is 20.9. The zero-order valence-electron chi connectivity index (χ0n) is 15.2. The van der Waals surface area contributed by atoms with E-state index in [1.807, 2.05) is 18.2 Å². The van der Waals surface area contributed by atoms with E-state index in [1.165, 1.54) is 17.7 Å². The zero-order chi connectivity index (χ0) is 19.3. The molecule has 1 saturated heterocycles. The molecule has 0 aliphatic carbocycles. The largest absolute Gasteiger partial charge is 0.378 e. The van der Waals surface area contributed by atoms with Crippen molar-refractivity contribution < 1.29 is 9.13 Å². The number of aromatic nitrogens is 3. The molecule has 1 fully saturated rings. The first-order valence-electron chi connectivity index (χ1n) is 9.07. The molecule has 28 heavy (non-hydrogen) atoms. The minimum absolute atomic E-state index is 0.333. The Morgan fingerprint density at radius 1 is 1.07 bits per heavy atom. The van der Waals surface area contributed by atoms with Crippen LogP contribution in [0.15, 0.2) is 53.7 Å². The molecule has 0 N–H and O–H groups in total. The highest BCUT2D eigenvalue weighted by atomic mass is 35.5. The normalized spacial score (nSPS) is 14.4. The Balaban J connectivity index is 1.59. The number of rotatable bonds is 6. The summed E-state index contributed by atoms with van der Waals surface area (Å²) in [6, 6.07) is 14.7. The van der Waals surface area contributed by atoms with E-state index in [0.717, 1.165) is 29.8 Å². The average Bonchev–Trinajstić information content (AvgIpc) is 3.11. The van der Waals surface area contributed by atoms with Crippen LogP contribution in [0.4, 0.5) is 10.3 Å². The first-order chi connectivity index (χ1) is 13.7. The van der Waals surface area contributed by atoms with Gasteiger partial charge in [0.1, 0.15) is 5.82 Å². The first kappa shape index (κ1) is 19.2. The van der Waals surface area contributed by atoms with Gasteiger partial charge in [0.15, 0.2) is 5.16 Å². The van der Waals surface area contributed by atoms with Crippen LogP contribution in [0.25, 0.3) is 0 Å². The maximum absolute atomic E-state index is 13.3. The second-order valence-corrected chi connectivity index (χ2v) is 7.83. The third-order valence-corrected chi connectivity index (χ3v) is 5.91. The molecule has 0 amide bonds. The van der Waals surface area contributed by atoms with E-state index in [0.29, 0.717) is 30.5 Å². The fourth-order valence-electron chi connectivity index (χ4n) is 3.07. The van der Waals surface area contributed by atoms with Gasteiger partial charge in [-0.15, -0.1) is 10.2 Å². The summed E-state index contributed by atoms with van der Waals surface area (Å²) >= 11 is 7.72. The number of morpholine rings is 1. The SMILES string of the molecule is Fc1ccc(CSc2nnc(N3CCOCC3)n2Cc2ccccc2)c(Cl)c1. The van der Waals surface area contributed by atoms with E-state index < -0.39 is 0 Å². The molecule has 1 aliphatic rings. The van der Waals surface area contributed by atoms with Gasteiger partial charge in [0.25, 0.3) is 0 Å². The van der Waals surface area contributed by atoms with E-state index in [1.54, 1.807) is 17.8 Å². The molecular weight excluding hydrogens is 399 g/mol. The van der Waals surface area contributed by atoms with Crippen molar-refractivity contribution >= 4 is 29.3 Å². The number of hydrogen-bond acceptors (Lipinski definition) is 5. The van der Waals surface area contributed by atoms with Crippen LogP contribution in [-0.4, -0.2) is 41.1 Å². The highest BCUT2D eigenvalue weighted by Gasteiger charge is 2.21. The van der Waals surface area contributed by atoms with Gasteiger partial charge in [-0.2, -0.15) is 0 Å². The fraction of sp³-hybridized carbons (Fsp3) is 0.300. The Labute approximate surface area is 172 Å². The molecule has 1 aromatic heterocycles. The third kappa shape index (κ3) is 4.48. The quantitative estimate of drug-likeness (QED) is 0.560. The van der Waals surface area contributed by atoms with Gasteiger partial charge < -0.3 is 9.64 Å². The lowest BCUT2D eigenvalue weighted by Gasteiger charge is -2.28. The Bertz CT molecular complexity index is 931. The second kappa shape index (κ2) is 8.94. The average molecular weight is 419 g/mol.